The summed E-state index contributed by atoms with van der Waals surface area (Å²) in [5, 5.41) is 5.91. The molecule has 0 bridgehead atoms. The normalized spacial score (nSPS) is 20.9. The molecule has 0 aromatic carbocycles. The van der Waals surface area contributed by atoms with Gasteiger partial charge >= 0.3 is 5.97 Å². The second-order valence-corrected chi connectivity index (χ2v) is 4.53. The largest absolute Gasteiger partial charge is 0.467 e. The number of carbonyl (C=O) groups excluding carboxylic acids is 2. The summed E-state index contributed by atoms with van der Waals surface area (Å²) in [5.41, 5.74) is -0.368. The van der Waals surface area contributed by atoms with Crippen LogP contribution in [-0.4, -0.2) is 38.1 Å². The molecule has 1 aliphatic rings. The van der Waals surface area contributed by atoms with E-state index in [1.54, 1.807) is 6.92 Å². The molecule has 2 N–H and O–H groups in total. The molecule has 0 radical (unpaired) electrons. The summed E-state index contributed by atoms with van der Waals surface area (Å²) in [7, 11) is 1.32. The second-order valence-electron chi connectivity index (χ2n) is 4.53. The molecule has 0 aromatic rings. The molecule has 1 aliphatic heterocycles. The van der Waals surface area contributed by atoms with Crippen molar-refractivity contribution in [1.82, 2.24) is 10.6 Å². The quantitative estimate of drug-likeness (QED) is 0.670. The number of nitrogens with one attached hydrogen (secondary N) is 2. The van der Waals surface area contributed by atoms with Crippen LogP contribution >= 0.6 is 0 Å². The van der Waals surface area contributed by atoms with Gasteiger partial charge in [-0.3, -0.25) is 4.79 Å². The fraction of sp³-hybridized carbons (Fsp3) is 0.818. The first kappa shape index (κ1) is 13.0. The van der Waals surface area contributed by atoms with Gasteiger partial charge in [0.15, 0.2) is 0 Å². The summed E-state index contributed by atoms with van der Waals surface area (Å²) in [5.74, 6) is -0.474. The second kappa shape index (κ2) is 5.30. The maximum absolute atomic E-state index is 12.0. The summed E-state index contributed by atoms with van der Waals surface area (Å²) in [6.07, 6.45) is 1.60. The summed E-state index contributed by atoms with van der Waals surface area (Å²) >= 11 is 0. The van der Waals surface area contributed by atoms with Crippen molar-refractivity contribution in [3.05, 3.63) is 0 Å². The zero-order valence-electron chi connectivity index (χ0n) is 10.1. The van der Waals surface area contributed by atoms with E-state index in [1.807, 2.05) is 6.92 Å². The van der Waals surface area contributed by atoms with Crippen molar-refractivity contribution in [2.24, 2.45) is 5.41 Å². The van der Waals surface area contributed by atoms with Crippen molar-refractivity contribution in [2.75, 3.05) is 20.2 Å². The van der Waals surface area contributed by atoms with E-state index >= 15 is 0 Å². The first-order valence-corrected chi connectivity index (χ1v) is 5.59. The molecule has 1 rings (SSSR count). The van der Waals surface area contributed by atoms with E-state index in [9.17, 15) is 9.59 Å². The van der Waals surface area contributed by atoms with E-state index in [0.717, 1.165) is 25.9 Å². The Bertz CT molecular complexity index is 272. The fourth-order valence-corrected chi connectivity index (χ4v) is 1.81. The molecular formula is C11H20N2O3. The molecule has 16 heavy (non-hydrogen) atoms. The van der Waals surface area contributed by atoms with Gasteiger partial charge in [-0.05, 0) is 32.9 Å². The van der Waals surface area contributed by atoms with Gasteiger partial charge in [-0.1, -0.05) is 6.92 Å². The fourth-order valence-electron chi connectivity index (χ4n) is 1.81. The van der Waals surface area contributed by atoms with Gasteiger partial charge < -0.3 is 15.4 Å². The van der Waals surface area contributed by atoms with Crippen molar-refractivity contribution < 1.29 is 14.3 Å². The molecule has 0 spiro atoms. The molecule has 1 fully saturated rings. The number of amides is 1. The Balaban J connectivity index is 2.53. The van der Waals surface area contributed by atoms with Crippen LogP contribution in [0.1, 0.15) is 26.7 Å². The summed E-state index contributed by atoms with van der Waals surface area (Å²) < 4.78 is 4.57. The number of carbonyl (C=O) groups is 2. The lowest BCUT2D eigenvalue weighted by Gasteiger charge is -2.33. The first-order valence-electron chi connectivity index (χ1n) is 5.59. The van der Waals surface area contributed by atoms with Crippen molar-refractivity contribution in [3.63, 3.8) is 0 Å². The van der Waals surface area contributed by atoms with Crippen molar-refractivity contribution in [3.8, 4) is 0 Å². The van der Waals surface area contributed by atoms with Crippen LogP contribution in [0, 0.1) is 5.41 Å². The average molecular weight is 228 g/mol. The summed E-state index contributed by atoms with van der Waals surface area (Å²) in [4.78, 5) is 23.2. The van der Waals surface area contributed by atoms with Gasteiger partial charge in [-0.25, -0.2) is 4.79 Å². The van der Waals surface area contributed by atoms with E-state index in [1.165, 1.54) is 7.11 Å². The molecule has 1 amide bonds. The number of hydrogen-bond acceptors (Lipinski definition) is 4. The van der Waals surface area contributed by atoms with Crippen LogP contribution in [0.25, 0.3) is 0 Å². The number of rotatable bonds is 3. The first-order chi connectivity index (χ1) is 7.49. The monoisotopic (exact) mass is 228 g/mol. The van der Waals surface area contributed by atoms with Gasteiger partial charge in [0.05, 0.1) is 7.11 Å². The van der Waals surface area contributed by atoms with E-state index in [2.05, 4.69) is 15.4 Å². The number of hydrogen-bond donors (Lipinski definition) is 2. The minimum Gasteiger partial charge on any atom is -0.467 e. The van der Waals surface area contributed by atoms with E-state index in [4.69, 9.17) is 0 Å². The van der Waals surface area contributed by atoms with Crippen LogP contribution in [0.4, 0.5) is 0 Å². The highest BCUT2D eigenvalue weighted by Crippen LogP contribution is 2.28. The number of ether oxygens (including phenoxy) is 1. The third kappa shape index (κ3) is 2.95. The van der Waals surface area contributed by atoms with Crippen LogP contribution in [-0.2, 0) is 14.3 Å². The Morgan fingerprint density at radius 3 is 2.44 bits per heavy atom. The topological polar surface area (TPSA) is 67.4 Å². The highest BCUT2D eigenvalue weighted by Gasteiger charge is 2.35. The van der Waals surface area contributed by atoms with Crippen LogP contribution in [0.5, 0.6) is 0 Å². The van der Waals surface area contributed by atoms with Gasteiger partial charge in [0.2, 0.25) is 5.91 Å². The van der Waals surface area contributed by atoms with Crippen molar-refractivity contribution >= 4 is 11.9 Å². The van der Waals surface area contributed by atoms with Gasteiger partial charge in [0, 0.05) is 5.41 Å². The lowest BCUT2D eigenvalue weighted by Crippen LogP contribution is -2.50. The number of esters is 1. The highest BCUT2D eigenvalue weighted by molar-refractivity contribution is 5.87. The Morgan fingerprint density at radius 1 is 1.38 bits per heavy atom. The molecule has 1 heterocycles. The van der Waals surface area contributed by atoms with Crippen molar-refractivity contribution in [2.45, 2.75) is 32.7 Å². The molecule has 92 valence electrons. The van der Waals surface area contributed by atoms with Crippen LogP contribution < -0.4 is 10.6 Å². The Hall–Kier alpha value is -1.10. The smallest absolute Gasteiger partial charge is 0.328 e. The minimum atomic E-state index is -0.579. The molecule has 5 nitrogen and oxygen atoms in total. The third-order valence-electron chi connectivity index (χ3n) is 3.16. The Labute approximate surface area is 95.9 Å². The van der Waals surface area contributed by atoms with Gasteiger partial charge in [-0.2, -0.15) is 0 Å². The zero-order valence-corrected chi connectivity index (χ0v) is 10.1. The lowest BCUT2D eigenvalue weighted by atomic mass is 9.80. The molecule has 0 unspecified atom stereocenters. The Kier molecular flexibility index (Phi) is 4.29. The maximum atomic E-state index is 12.0. The third-order valence-corrected chi connectivity index (χ3v) is 3.16. The molecule has 1 saturated heterocycles. The van der Waals surface area contributed by atoms with E-state index < -0.39 is 12.0 Å². The standard InChI is InChI=1S/C11H20N2O3/c1-8(9(14)16-3)13-10(15)11(2)4-6-12-7-5-11/h8,12H,4-7H2,1-3H3,(H,13,15)/t8-/m0/s1. The zero-order chi connectivity index (χ0) is 12.2. The Morgan fingerprint density at radius 2 is 1.94 bits per heavy atom. The maximum Gasteiger partial charge on any atom is 0.328 e. The van der Waals surface area contributed by atoms with Crippen LogP contribution in [0.15, 0.2) is 0 Å². The molecule has 5 heteroatoms. The van der Waals surface area contributed by atoms with Gasteiger partial charge in [-0.15, -0.1) is 0 Å². The van der Waals surface area contributed by atoms with Crippen LogP contribution in [0.3, 0.4) is 0 Å². The van der Waals surface area contributed by atoms with E-state index in [-0.39, 0.29) is 11.3 Å². The molecule has 0 aliphatic carbocycles. The van der Waals surface area contributed by atoms with E-state index in [0.29, 0.717) is 0 Å². The SMILES string of the molecule is COC(=O)[C@H](C)NC(=O)C1(C)CCNCC1. The van der Waals surface area contributed by atoms with Crippen LogP contribution in [0.2, 0.25) is 0 Å². The predicted molar refractivity (Wildman–Crippen MR) is 59.8 cm³/mol. The molecule has 0 aromatic heterocycles. The molecular weight excluding hydrogens is 208 g/mol. The minimum absolute atomic E-state index is 0.0631. The number of piperidine rings is 1. The molecule has 0 saturated carbocycles. The van der Waals surface area contributed by atoms with Crippen molar-refractivity contribution in [1.29, 1.82) is 0 Å². The summed E-state index contributed by atoms with van der Waals surface area (Å²) in [6.45, 7) is 5.26. The van der Waals surface area contributed by atoms with Gasteiger partial charge in [0.25, 0.3) is 0 Å². The molecule has 1 atom stereocenters. The lowest BCUT2D eigenvalue weighted by molar-refractivity contribution is -0.146. The predicted octanol–water partition coefficient (Wildman–Crippen LogP) is 0.0538. The number of methoxy groups -OCH3 is 1. The summed E-state index contributed by atoms with van der Waals surface area (Å²) in [6, 6.07) is -0.579. The average Bonchev–Trinajstić information content (AvgIpc) is 2.28. The highest BCUT2D eigenvalue weighted by atomic mass is 16.5. The van der Waals surface area contributed by atoms with Gasteiger partial charge in [0.1, 0.15) is 6.04 Å².